The van der Waals surface area contributed by atoms with Crippen LogP contribution in [0.25, 0.3) is 0 Å². The molecule has 3 saturated heterocycles. The molecule has 1 atom stereocenters. The van der Waals surface area contributed by atoms with Gasteiger partial charge < -0.3 is 24.8 Å². The number of anilines is 1. The fraction of sp³-hybridized carbons (Fsp3) is 0.483. The summed E-state index contributed by atoms with van der Waals surface area (Å²) in [5.41, 5.74) is -4.34. The van der Waals surface area contributed by atoms with Gasteiger partial charge in [-0.15, -0.1) is 0 Å². The number of hydrogen-bond acceptors (Lipinski definition) is 5. The van der Waals surface area contributed by atoms with E-state index in [2.05, 4.69) is 5.32 Å². The second-order valence-corrected chi connectivity index (χ2v) is 11.0. The van der Waals surface area contributed by atoms with Gasteiger partial charge in [-0.1, -0.05) is 18.2 Å². The van der Waals surface area contributed by atoms with Gasteiger partial charge in [0.1, 0.15) is 12.1 Å². The third kappa shape index (κ3) is 6.43. The van der Waals surface area contributed by atoms with Gasteiger partial charge in [-0.05, 0) is 56.0 Å². The zero-order valence-corrected chi connectivity index (χ0v) is 23.0. The smallest absolute Gasteiger partial charge is 0.376 e. The van der Waals surface area contributed by atoms with E-state index in [9.17, 15) is 40.7 Å². The third-order valence-corrected chi connectivity index (χ3v) is 8.18. The molecule has 14 heteroatoms. The van der Waals surface area contributed by atoms with Crippen molar-refractivity contribution in [3.63, 3.8) is 0 Å². The molecule has 3 fully saturated rings. The lowest BCUT2D eigenvalue weighted by molar-refractivity contribution is -0.143. The highest BCUT2D eigenvalue weighted by Crippen LogP contribution is 2.41. The second-order valence-electron chi connectivity index (χ2n) is 11.0. The number of rotatable bonds is 6. The molecule has 0 bridgehead atoms. The van der Waals surface area contributed by atoms with Crippen molar-refractivity contribution in [3.05, 3.63) is 65.2 Å². The zero-order valence-electron chi connectivity index (χ0n) is 23.0. The summed E-state index contributed by atoms with van der Waals surface area (Å²) < 4.78 is 85.7. The van der Waals surface area contributed by atoms with E-state index < -0.39 is 40.5 Å². The number of amides is 3. The average Bonchev–Trinajstić information content (AvgIpc) is 3.59. The molecule has 2 aromatic carbocycles. The number of carbonyl (C=O) groups excluding carboxylic acids is 3. The van der Waals surface area contributed by atoms with Gasteiger partial charge in [-0.25, -0.2) is 0 Å². The van der Waals surface area contributed by atoms with E-state index in [0.29, 0.717) is 31.0 Å². The van der Waals surface area contributed by atoms with Crippen molar-refractivity contribution in [2.45, 2.75) is 49.7 Å². The van der Waals surface area contributed by atoms with Crippen molar-refractivity contribution in [1.29, 1.82) is 0 Å². The second kappa shape index (κ2) is 11.7. The summed E-state index contributed by atoms with van der Waals surface area (Å²) in [6.45, 7) is 0.666. The highest BCUT2D eigenvalue weighted by molar-refractivity contribution is 5.98. The van der Waals surface area contributed by atoms with E-state index in [0.717, 1.165) is 17.7 Å². The van der Waals surface area contributed by atoms with Crippen molar-refractivity contribution < 1.29 is 45.5 Å². The number of benzene rings is 2. The van der Waals surface area contributed by atoms with Crippen LogP contribution in [0, 0.1) is 0 Å². The molecule has 232 valence electrons. The SMILES string of the molecule is O=C(CN1CN(c2ccccc2)C2(CCN(C(=O)c3cc(C(F)(F)F)cc(C(F)(F)F)c3)CC2)C1=O)NCC1CCCO1. The molecule has 3 aliphatic heterocycles. The molecule has 0 radical (unpaired) electrons. The molecule has 3 amide bonds. The fourth-order valence-electron chi connectivity index (χ4n) is 5.93. The van der Waals surface area contributed by atoms with Crippen LogP contribution in [0.3, 0.4) is 0 Å². The molecule has 2 aromatic rings. The summed E-state index contributed by atoms with van der Waals surface area (Å²) >= 11 is 0. The Morgan fingerprint density at radius 1 is 0.953 bits per heavy atom. The quantitative estimate of drug-likeness (QED) is 0.493. The minimum atomic E-state index is -5.09. The van der Waals surface area contributed by atoms with E-state index >= 15 is 0 Å². The number of nitrogens with one attached hydrogen (secondary N) is 1. The lowest BCUT2D eigenvalue weighted by Crippen LogP contribution is -2.57. The van der Waals surface area contributed by atoms with Crippen LogP contribution < -0.4 is 10.2 Å². The van der Waals surface area contributed by atoms with Crippen LogP contribution in [0.5, 0.6) is 0 Å². The molecule has 0 aromatic heterocycles. The van der Waals surface area contributed by atoms with Crippen molar-refractivity contribution in [1.82, 2.24) is 15.1 Å². The van der Waals surface area contributed by atoms with E-state index in [4.69, 9.17) is 4.74 Å². The lowest BCUT2D eigenvalue weighted by atomic mass is 9.85. The predicted molar refractivity (Wildman–Crippen MR) is 142 cm³/mol. The molecule has 1 unspecified atom stereocenters. The predicted octanol–water partition coefficient (Wildman–Crippen LogP) is 4.30. The van der Waals surface area contributed by atoms with Gasteiger partial charge in [0.25, 0.3) is 11.8 Å². The van der Waals surface area contributed by atoms with Gasteiger partial charge in [0.2, 0.25) is 5.91 Å². The van der Waals surface area contributed by atoms with E-state index in [1.165, 1.54) is 4.90 Å². The number of carbonyl (C=O) groups is 3. The van der Waals surface area contributed by atoms with Crippen molar-refractivity contribution in [2.75, 3.05) is 44.4 Å². The summed E-state index contributed by atoms with van der Waals surface area (Å²) in [4.78, 5) is 44.2. The van der Waals surface area contributed by atoms with Gasteiger partial charge in [-0.2, -0.15) is 26.3 Å². The van der Waals surface area contributed by atoms with Crippen molar-refractivity contribution in [3.8, 4) is 0 Å². The number of nitrogens with zero attached hydrogens (tertiary/aromatic N) is 3. The van der Waals surface area contributed by atoms with Gasteiger partial charge in [-0.3, -0.25) is 14.4 Å². The Hall–Kier alpha value is -3.81. The van der Waals surface area contributed by atoms with Gasteiger partial charge in [0, 0.05) is 37.5 Å². The van der Waals surface area contributed by atoms with E-state index in [-0.39, 0.29) is 63.1 Å². The fourth-order valence-corrected chi connectivity index (χ4v) is 5.93. The number of alkyl halides is 6. The Kier molecular flexibility index (Phi) is 8.34. The molecule has 5 rings (SSSR count). The van der Waals surface area contributed by atoms with E-state index in [1.54, 1.807) is 30.3 Å². The first kappa shape index (κ1) is 30.6. The molecule has 1 spiro atoms. The zero-order chi connectivity index (χ0) is 31.0. The average molecular weight is 613 g/mol. The number of likely N-dealkylation sites (tertiary alicyclic amines) is 1. The Labute approximate surface area is 243 Å². The minimum absolute atomic E-state index is 0.0254. The van der Waals surface area contributed by atoms with Crippen LogP contribution in [-0.4, -0.2) is 78.6 Å². The van der Waals surface area contributed by atoms with Crippen molar-refractivity contribution >= 4 is 23.4 Å². The summed E-state index contributed by atoms with van der Waals surface area (Å²) in [6.07, 6.45) is -8.38. The maximum Gasteiger partial charge on any atom is 0.416 e. The molecule has 8 nitrogen and oxygen atoms in total. The van der Waals surface area contributed by atoms with Crippen LogP contribution in [0.4, 0.5) is 32.0 Å². The molecule has 0 aliphatic carbocycles. The summed E-state index contributed by atoms with van der Waals surface area (Å²) in [6, 6.07) is 9.78. The highest BCUT2D eigenvalue weighted by Gasteiger charge is 2.54. The minimum Gasteiger partial charge on any atom is -0.376 e. The topological polar surface area (TPSA) is 82.2 Å². The molecule has 1 N–H and O–H groups in total. The van der Waals surface area contributed by atoms with Crippen LogP contribution in [-0.2, 0) is 26.7 Å². The molecular formula is C29H30F6N4O4. The molecule has 43 heavy (non-hydrogen) atoms. The Bertz CT molecular complexity index is 1320. The van der Waals surface area contributed by atoms with Gasteiger partial charge in [0.15, 0.2) is 0 Å². The molecule has 3 aliphatic rings. The number of hydrogen-bond donors (Lipinski definition) is 1. The summed E-state index contributed by atoms with van der Waals surface area (Å²) in [5, 5.41) is 2.80. The first-order valence-corrected chi connectivity index (χ1v) is 13.9. The summed E-state index contributed by atoms with van der Waals surface area (Å²) in [7, 11) is 0. The first-order chi connectivity index (χ1) is 20.3. The Morgan fingerprint density at radius 2 is 1.58 bits per heavy atom. The maximum absolute atomic E-state index is 13.8. The standard InChI is InChI=1S/C29H30F6N4O4/c30-28(31,32)20-13-19(14-21(15-20)29(33,34)35)25(41)37-10-8-27(9-11-37)26(42)38(18-39(27)22-5-2-1-3-6-22)17-24(40)36-16-23-7-4-12-43-23/h1-3,5-6,13-15,23H,4,7-12,16-18H2,(H,36,40). The van der Waals surface area contributed by atoms with Gasteiger partial charge >= 0.3 is 12.4 Å². The highest BCUT2D eigenvalue weighted by atomic mass is 19.4. The summed E-state index contributed by atoms with van der Waals surface area (Å²) in [5.74, 6) is -1.69. The Morgan fingerprint density at radius 3 is 2.14 bits per heavy atom. The largest absolute Gasteiger partial charge is 0.416 e. The van der Waals surface area contributed by atoms with Crippen molar-refractivity contribution in [2.24, 2.45) is 0 Å². The number of para-hydroxylation sites is 1. The van der Waals surface area contributed by atoms with E-state index in [1.807, 2.05) is 4.90 Å². The number of ether oxygens (including phenoxy) is 1. The molecule has 0 saturated carbocycles. The van der Waals surface area contributed by atoms with Crippen LogP contribution in [0.15, 0.2) is 48.5 Å². The first-order valence-electron chi connectivity index (χ1n) is 13.9. The Balaban J connectivity index is 1.34. The maximum atomic E-state index is 13.8. The normalized spacial score (nSPS) is 20.7. The van der Waals surface area contributed by atoms with Crippen LogP contribution in [0.1, 0.15) is 47.2 Å². The lowest BCUT2D eigenvalue weighted by Gasteiger charge is -2.43. The monoisotopic (exact) mass is 612 g/mol. The third-order valence-electron chi connectivity index (χ3n) is 8.18. The molecule has 3 heterocycles. The molecular weight excluding hydrogens is 582 g/mol. The van der Waals surface area contributed by atoms with Gasteiger partial charge in [0.05, 0.1) is 23.9 Å². The number of piperidine rings is 1. The van der Waals surface area contributed by atoms with Crippen LogP contribution >= 0.6 is 0 Å². The van der Waals surface area contributed by atoms with Crippen LogP contribution in [0.2, 0.25) is 0 Å². The number of halogens is 6.